The Morgan fingerprint density at radius 1 is 1.09 bits per heavy atom. The van der Waals surface area contributed by atoms with Crippen molar-refractivity contribution in [2.45, 2.75) is 57.5 Å². The van der Waals surface area contributed by atoms with Gasteiger partial charge in [0.25, 0.3) is 0 Å². The third-order valence-electron chi connectivity index (χ3n) is 4.32. The molecule has 1 saturated carbocycles. The standard InChI is InChI=1S/C16H31N3OS.HI/c17-16(19-10-13-21-14-11-19)18-9-5-2-6-12-20-15-7-3-1-4-8-15;/h15H,1-14H2,(H2,17,18);1H. The normalized spacial score (nSPS) is 20.7. The van der Waals surface area contributed by atoms with E-state index in [4.69, 9.17) is 10.5 Å². The summed E-state index contributed by atoms with van der Waals surface area (Å²) in [6.45, 7) is 3.89. The summed E-state index contributed by atoms with van der Waals surface area (Å²) in [4.78, 5) is 6.72. The van der Waals surface area contributed by atoms with Crippen LogP contribution in [0.25, 0.3) is 0 Å². The molecule has 22 heavy (non-hydrogen) atoms. The van der Waals surface area contributed by atoms with Gasteiger partial charge in [-0.3, -0.25) is 4.99 Å². The summed E-state index contributed by atoms with van der Waals surface area (Å²) in [6.07, 6.45) is 10.7. The highest BCUT2D eigenvalue weighted by Gasteiger charge is 2.13. The van der Waals surface area contributed by atoms with Crippen molar-refractivity contribution in [1.82, 2.24) is 4.90 Å². The maximum atomic E-state index is 6.03. The Labute approximate surface area is 157 Å². The first-order valence-corrected chi connectivity index (χ1v) is 9.76. The molecule has 4 nitrogen and oxygen atoms in total. The van der Waals surface area contributed by atoms with Crippen molar-refractivity contribution in [2.75, 3.05) is 37.7 Å². The highest BCUT2D eigenvalue weighted by molar-refractivity contribution is 14.0. The molecule has 130 valence electrons. The van der Waals surface area contributed by atoms with E-state index in [9.17, 15) is 0 Å². The smallest absolute Gasteiger partial charge is 0.191 e. The molecule has 1 aliphatic carbocycles. The lowest BCUT2D eigenvalue weighted by molar-refractivity contribution is 0.0264. The van der Waals surface area contributed by atoms with Gasteiger partial charge in [-0.15, -0.1) is 24.0 Å². The van der Waals surface area contributed by atoms with Gasteiger partial charge >= 0.3 is 0 Å². The number of nitrogens with two attached hydrogens (primary N) is 1. The van der Waals surface area contributed by atoms with Crippen LogP contribution in [0.1, 0.15) is 51.4 Å². The lowest BCUT2D eigenvalue weighted by atomic mass is 9.98. The number of thioether (sulfide) groups is 1. The molecular formula is C16H32IN3OS. The maximum Gasteiger partial charge on any atom is 0.191 e. The molecule has 2 rings (SSSR count). The van der Waals surface area contributed by atoms with E-state index in [0.717, 1.165) is 45.0 Å². The molecule has 0 aromatic rings. The Morgan fingerprint density at radius 3 is 2.55 bits per heavy atom. The predicted octanol–water partition coefficient (Wildman–Crippen LogP) is 3.49. The minimum absolute atomic E-state index is 0. The van der Waals surface area contributed by atoms with E-state index in [0.29, 0.717) is 6.10 Å². The minimum atomic E-state index is 0. The molecule has 6 heteroatoms. The molecule has 2 aliphatic rings. The summed E-state index contributed by atoms with van der Waals surface area (Å²) in [5.41, 5.74) is 6.03. The zero-order chi connectivity index (χ0) is 14.8. The number of hydrogen-bond acceptors (Lipinski definition) is 3. The van der Waals surface area contributed by atoms with Gasteiger partial charge in [0.2, 0.25) is 0 Å². The molecule has 1 heterocycles. The lowest BCUT2D eigenvalue weighted by Crippen LogP contribution is -2.42. The average Bonchev–Trinajstić information content (AvgIpc) is 2.55. The van der Waals surface area contributed by atoms with E-state index in [-0.39, 0.29) is 24.0 Å². The van der Waals surface area contributed by atoms with Crippen molar-refractivity contribution in [2.24, 2.45) is 10.7 Å². The third kappa shape index (κ3) is 8.24. The molecular weight excluding hydrogens is 409 g/mol. The molecule has 0 bridgehead atoms. The second-order valence-electron chi connectivity index (χ2n) is 6.03. The molecule has 0 unspecified atom stereocenters. The van der Waals surface area contributed by atoms with Gasteiger partial charge in [-0.1, -0.05) is 19.3 Å². The summed E-state index contributed by atoms with van der Waals surface area (Å²) in [5, 5.41) is 0. The molecule has 2 N–H and O–H groups in total. The number of halogens is 1. The second kappa shape index (κ2) is 12.7. The van der Waals surface area contributed by atoms with Crippen LogP contribution in [0.15, 0.2) is 4.99 Å². The van der Waals surface area contributed by atoms with Gasteiger partial charge in [0.15, 0.2) is 5.96 Å². The monoisotopic (exact) mass is 441 g/mol. The van der Waals surface area contributed by atoms with Crippen molar-refractivity contribution in [1.29, 1.82) is 0 Å². The first-order valence-electron chi connectivity index (χ1n) is 8.60. The molecule has 0 aromatic heterocycles. The van der Waals surface area contributed by atoms with Crippen LogP contribution in [0, 0.1) is 0 Å². The summed E-state index contributed by atoms with van der Waals surface area (Å²) < 4.78 is 5.93. The van der Waals surface area contributed by atoms with Crippen molar-refractivity contribution in [3.8, 4) is 0 Å². The number of hydrogen-bond donors (Lipinski definition) is 1. The number of unbranched alkanes of at least 4 members (excludes halogenated alkanes) is 2. The molecule has 1 aliphatic heterocycles. The van der Waals surface area contributed by atoms with E-state index >= 15 is 0 Å². The maximum absolute atomic E-state index is 6.03. The SMILES string of the molecule is I.NC(=NCCCCCOC1CCCCC1)N1CCSCC1. The first kappa shape index (κ1) is 20.4. The van der Waals surface area contributed by atoms with Crippen molar-refractivity contribution in [3.05, 3.63) is 0 Å². The Hall–Kier alpha value is 0.310. The Bertz CT molecular complexity index is 306. The predicted molar refractivity (Wildman–Crippen MR) is 107 cm³/mol. The lowest BCUT2D eigenvalue weighted by Gasteiger charge is -2.27. The fraction of sp³-hybridized carbons (Fsp3) is 0.938. The summed E-state index contributed by atoms with van der Waals surface area (Å²) in [6, 6.07) is 0. The molecule has 0 spiro atoms. The highest BCUT2D eigenvalue weighted by Crippen LogP contribution is 2.20. The van der Waals surface area contributed by atoms with Crippen LogP contribution in [0.5, 0.6) is 0 Å². The highest BCUT2D eigenvalue weighted by atomic mass is 127. The summed E-state index contributed by atoms with van der Waals surface area (Å²) >= 11 is 2.00. The molecule has 0 aromatic carbocycles. The van der Waals surface area contributed by atoms with Gasteiger partial charge in [-0.25, -0.2) is 0 Å². The van der Waals surface area contributed by atoms with Crippen LogP contribution in [0.4, 0.5) is 0 Å². The number of nitrogens with zero attached hydrogens (tertiary/aromatic N) is 2. The van der Waals surface area contributed by atoms with Gasteiger partial charge in [0.05, 0.1) is 6.10 Å². The zero-order valence-corrected chi connectivity index (χ0v) is 16.8. The quantitative estimate of drug-likeness (QED) is 0.285. The molecule has 0 amide bonds. The fourth-order valence-electron chi connectivity index (χ4n) is 2.96. The number of aliphatic imine (C=N–C) groups is 1. The summed E-state index contributed by atoms with van der Waals surface area (Å²) in [7, 11) is 0. The van der Waals surface area contributed by atoms with E-state index < -0.39 is 0 Å². The molecule has 0 atom stereocenters. The van der Waals surface area contributed by atoms with Crippen molar-refractivity contribution < 1.29 is 4.74 Å². The number of guanidine groups is 1. The van der Waals surface area contributed by atoms with Gasteiger partial charge in [0, 0.05) is 37.7 Å². The van der Waals surface area contributed by atoms with Crippen LogP contribution >= 0.6 is 35.7 Å². The Morgan fingerprint density at radius 2 is 1.82 bits per heavy atom. The molecule has 1 saturated heterocycles. The third-order valence-corrected chi connectivity index (χ3v) is 5.26. The first-order chi connectivity index (χ1) is 10.4. The fourth-order valence-corrected chi connectivity index (χ4v) is 3.86. The largest absolute Gasteiger partial charge is 0.378 e. The zero-order valence-electron chi connectivity index (χ0n) is 13.7. The topological polar surface area (TPSA) is 50.9 Å². The Balaban J connectivity index is 0.00000242. The van der Waals surface area contributed by atoms with Crippen LogP contribution in [-0.2, 0) is 4.74 Å². The molecule has 2 fully saturated rings. The van der Waals surface area contributed by atoms with E-state index in [1.165, 1.54) is 50.0 Å². The van der Waals surface area contributed by atoms with E-state index in [1.807, 2.05) is 11.8 Å². The van der Waals surface area contributed by atoms with Crippen molar-refractivity contribution >= 4 is 41.7 Å². The van der Waals surface area contributed by atoms with Gasteiger partial charge in [-0.05, 0) is 32.1 Å². The molecule has 0 radical (unpaired) electrons. The van der Waals surface area contributed by atoms with Gasteiger partial charge in [-0.2, -0.15) is 11.8 Å². The van der Waals surface area contributed by atoms with Crippen molar-refractivity contribution in [3.63, 3.8) is 0 Å². The van der Waals surface area contributed by atoms with Crippen LogP contribution in [-0.4, -0.2) is 54.7 Å². The van der Waals surface area contributed by atoms with E-state index in [1.54, 1.807) is 0 Å². The van der Waals surface area contributed by atoms with Crippen LogP contribution in [0.2, 0.25) is 0 Å². The number of rotatable bonds is 7. The van der Waals surface area contributed by atoms with Crippen LogP contribution < -0.4 is 5.73 Å². The summed E-state index contributed by atoms with van der Waals surface area (Å²) in [5.74, 6) is 3.09. The minimum Gasteiger partial charge on any atom is -0.378 e. The number of ether oxygens (including phenoxy) is 1. The van der Waals surface area contributed by atoms with Gasteiger partial charge < -0.3 is 15.4 Å². The average molecular weight is 441 g/mol. The second-order valence-corrected chi connectivity index (χ2v) is 7.26. The van der Waals surface area contributed by atoms with Gasteiger partial charge in [0.1, 0.15) is 0 Å². The Kier molecular flexibility index (Phi) is 11.7. The van der Waals surface area contributed by atoms with E-state index in [2.05, 4.69) is 9.89 Å². The van der Waals surface area contributed by atoms with Crippen LogP contribution in [0.3, 0.4) is 0 Å².